The number of nitrogens with zero attached hydrogens (tertiary/aromatic N) is 2. The zero-order chi connectivity index (χ0) is 22.0. The van der Waals surface area contributed by atoms with Gasteiger partial charge in [0, 0.05) is 12.1 Å². The fraction of sp³-hybridized carbons (Fsp3) is 0.238. The lowest BCUT2D eigenvalue weighted by Gasteiger charge is -2.29. The summed E-state index contributed by atoms with van der Waals surface area (Å²) < 4.78 is 11.1. The Morgan fingerprint density at radius 3 is 2.68 bits per heavy atom. The highest BCUT2D eigenvalue weighted by molar-refractivity contribution is 8.15. The van der Waals surface area contributed by atoms with Crippen LogP contribution in [0, 0.1) is 0 Å². The van der Waals surface area contributed by atoms with Crippen molar-refractivity contribution in [1.29, 1.82) is 0 Å². The quantitative estimate of drug-likeness (QED) is 0.696. The monoisotopic (exact) mass is 441 g/mol. The van der Waals surface area contributed by atoms with Gasteiger partial charge in [-0.05, 0) is 35.5 Å². The van der Waals surface area contributed by atoms with E-state index in [2.05, 4.69) is 0 Å². The van der Waals surface area contributed by atoms with E-state index in [1.165, 1.54) is 23.1 Å². The lowest BCUT2D eigenvalue weighted by molar-refractivity contribution is -0.134. The Morgan fingerprint density at radius 1 is 1.16 bits per heavy atom. The van der Waals surface area contributed by atoms with Crippen molar-refractivity contribution in [2.24, 2.45) is 5.73 Å². The van der Waals surface area contributed by atoms with Crippen molar-refractivity contribution in [2.45, 2.75) is 12.0 Å². The number of carbonyl (C=O) groups excluding carboxylic acids is 4. The first-order valence-electron chi connectivity index (χ1n) is 9.47. The Morgan fingerprint density at radius 2 is 1.94 bits per heavy atom. The summed E-state index contributed by atoms with van der Waals surface area (Å²) in [6, 6.07) is 13.6. The molecule has 0 saturated carbocycles. The van der Waals surface area contributed by atoms with Gasteiger partial charge in [-0.25, -0.2) is 0 Å². The molecule has 2 aliphatic rings. The second-order valence-electron chi connectivity index (χ2n) is 6.91. The third-order valence-electron chi connectivity index (χ3n) is 4.87. The average Bonchev–Trinajstić information content (AvgIpc) is 3.03. The lowest BCUT2D eigenvalue weighted by atomic mass is 10.1. The zero-order valence-corrected chi connectivity index (χ0v) is 17.2. The smallest absolute Gasteiger partial charge is 0.291 e. The highest BCUT2D eigenvalue weighted by Crippen LogP contribution is 2.30. The molecular weight excluding hydrogens is 422 g/mol. The Balaban J connectivity index is 1.33. The molecule has 1 unspecified atom stereocenters. The van der Waals surface area contributed by atoms with Crippen molar-refractivity contribution < 1.29 is 28.7 Å². The SMILES string of the molecule is NC(=O)c1ccc2c(c1)C(=O)N(CCOC1SC(=O)N(Cc3ccccc3)C1=O)CO2. The molecule has 0 spiro atoms. The van der Waals surface area contributed by atoms with E-state index >= 15 is 0 Å². The number of fused-ring (bicyclic) bond motifs is 1. The van der Waals surface area contributed by atoms with Gasteiger partial charge in [0.15, 0.2) is 12.2 Å². The van der Waals surface area contributed by atoms with Crippen LogP contribution in [0.15, 0.2) is 48.5 Å². The van der Waals surface area contributed by atoms with E-state index in [-0.39, 0.29) is 48.7 Å². The Bertz CT molecular complexity index is 1040. The molecule has 1 fully saturated rings. The number of benzene rings is 2. The molecule has 2 N–H and O–H groups in total. The van der Waals surface area contributed by atoms with E-state index in [1.807, 2.05) is 30.3 Å². The maximum absolute atomic E-state index is 12.7. The van der Waals surface area contributed by atoms with Gasteiger partial charge in [0.25, 0.3) is 17.1 Å². The molecular formula is C21H19N3O6S. The highest BCUT2D eigenvalue weighted by Gasteiger charge is 2.40. The van der Waals surface area contributed by atoms with Crippen molar-refractivity contribution in [3.63, 3.8) is 0 Å². The molecule has 0 bridgehead atoms. The fourth-order valence-electron chi connectivity index (χ4n) is 3.23. The van der Waals surface area contributed by atoms with Crippen LogP contribution in [0.1, 0.15) is 26.3 Å². The summed E-state index contributed by atoms with van der Waals surface area (Å²) in [6.45, 7) is 0.380. The van der Waals surface area contributed by atoms with E-state index < -0.39 is 17.3 Å². The normalized spacial score (nSPS) is 18.2. The van der Waals surface area contributed by atoms with Crippen LogP contribution in [0.4, 0.5) is 4.79 Å². The van der Waals surface area contributed by atoms with Crippen LogP contribution >= 0.6 is 11.8 Å². The minimum atomic E-state index is -0.953. The van der Waals surface area contributed by atoms with Gasteiger partial charge >= 0.3 is 0 Å². The first-order valence-corrected chi connectivity index (χ1v) is 10.4. The molecule has 10 heteroatoms. The van der Waals surface area contributed by atoms with Gasteiger partial charge in [-0.2, -0.15) is 0 Å². The Labute approximate surface area is 182 Å². The van der Waals surface area contributed by atoms with Crippen LogP contribution in [0.5, 0.6) is 5.75 Å². The summed E-state index contributed by atoms with van der Waals surface area (Å²) in [6.07, 6.45) is 0. The lowest BCUT2D eigenvalue weighted by Crippen LogP contribution is -2.41. The van der Waals surface area contributed by atoms with Gasteiger partial charge < -0.3 is 20.1 Å². The molecule has 2 aliphatic heterocycles. The molecule has 1 atom stereocenters. The second kappa shape index (κ2) is 8.78. The summed E-state index contributed by atoms with van der Waals surface area (Å²) in [5, 5.41) is -0.371. The van der Waals surface area contributed by atoms with Crippen LogP contribution in [0.2, 0.25) is 0 Å². The third-order valence-corrected chi connectivity index (χ3v) is 5.84. The molecule has 0 radical (unpaired) electrons. The van der Waals surface area contributed by atoms with Crippen LogP contribution in [-0.4, -0.2) is 58.1 Å². The fourth-order valence-corrected chi connectivity index (χ4v) is 4.08. The molecule has 2 aromatic rings. The summed E-state index contributed by atoms with van der Waals surface area (Å²) in [7, 11) is 0. The first-order chi connectivity index (χ1) is 14.9. The average molecular weight is 441 g/mol. The summed E-state index contributed by atoms with van der Waals surface area (Å²) >= 11 is 0.811. The number of primary amides is 1. The third kappa shape index (κ3) is 4.39. The number of carbonyl (C=O) groups is 4. The van der Waals surface area contributed by atoms with E-state index in [0.717, 1.165) is 22.2 Å². The molecule has 2 aromatic carbocycles. The molecule has 9 nitrogen and oxygen atoms in total. The number of rotatable bonds is 7. The number of hydrogen-bond acceptors (Lipinski definition) is 7. The predicted molar refractivity (Wildman–Crippen MR) is 111 cm³/mol. The molecule has 2 heterocycles. The van der Waals surface area contributed by atoms with Crippen molar-refractivity contribution >= 4 is 34.7 Å². The van der Waals surface area contributed by atoms with Gasteiger partial charge in [0.05, 0.1) is 18.7 Å². The van der Waals surface area contributed by atoms with Gasteiger partial charge in [-0.15, -0.1) is 0 Å². The number of nitrogens with two attached hydrogens (primary N) is 1. The van der Waals surface area contributed by atoms with E-state index in [1.54, 1.807) is 0 Å². The minimum Gasteiger partial charge on any atom is -0.472 e. The maximum Gasteiger partial charge on any atom is 0.291 e. The van der Waals surface area contributed by atoms with E-state index in [4.69, 9.17) is 15.2 Å². The number of amides is 4. The molecule has 4 rings (SSSR count). The number of hydrogen-bond donors (Lipinski definition) is 1. The number of thioether (sulfide) groups is 1. The molecule has 160 valence electrons. The topological polar surface area (TPSA) is 119 Å². The van der Waals surface area contributed by atoms with Crippen molar-refractivity contribution in [1.82, 2.24) is 9.80 Å². The van der Waals surface area contributed by atoms with Crippen LogP contribution in [0.25, 0.3) is 0 Å². The molecule has 0 aliphatic carbocycles. The van der Waals surface area contributed by atoms with Crippen LogP contribution in [-0.2, 0) is 16.1 Å². The van der Waals surface area contributed by atoms with Crippen LogP contribution < -0.4 is 10.5 Å². The summed E-state index contributed by atoms with van der Waals surface area (Å²) in [4.78, 5) is 51.4. The van der Waals surface area contributed by atoms with Gasteiger partial charge in [0.1, 0.15) is 5.75 Å². The number of imide groups is 1. The number of ether oxygens (including phenoxy) is 2. The molecule has 0 aromatic heterocycles. The Hall–Kier alpha value is -3.37. The summed E-state index contributed by atoms with van der Waals surface area (Å²) in [5.74, 6) is -1.02. The predicted octanol–water partition coefficient (Wildman–Crippen LogP) is 1.82. The maximum atomic E-state index is 12.7. The van der Waals surface area contributed by atoms with Gasteiger partial charge in [0.2, 0.25) is 5.91 Å². The zero-order valence-electron chi connectivity index (χ0n) is 16.4. The van der Waals surface area contributed by atoms with Crippen molar-refractivity contribution in [3.8, 4) is 5.75 Å². The molecule has 31 heavy (non-hydrogen) atoms. The molecule has 4 amide bonds. The standard InChI is InChI=1S/C21H19N3O6S/c22-17(25)14-6-7-16-15(10-14)18(26)23(12-30-16)8-9-29-20-19(27)24(21(28)31-20)11-13-4-2-1-3-5-13/h1-7,10,20H,8-9,11-12H2,(H2,22,25). The van der Waals surface area contributed by atoms with E-state index in [0.29, 0.717) is 5.75 Å². The van der Waals surface area contributed by atoms with Crippen molar-refractivity contribution in [3.05, 3.63) is 65.2 Å². The molecule has 1 saturated heterocycles. The van der Waals surface area contributed by atoms with Gasteiger partial charge in [-0.1, -0.05) is 30.3 Å². The Kier molecular flexibility index (Phi) is 5.92. The van der Waals surface area contributed by atoms with Gasteiger partial charge in [-0.3, -0.25) is 24.1 Å². The minimum absolute atomic E-state index is 0.00985. The second-order valence-corrected chi connectivity index (χ2v) is 7.93. The largest absolute Gasteiger partial charge is 0.472 e. The van der Waals surface area contributed by atoms with E-state index in [9.17, 15) is 19.2 Å². The van der Waals surface area contributed by atoms with Crippen LogP contribution in [0.3, 0.4) is 0 Å². The van der Waals surface area contributed by atoms with Crippen molar-refractivity contribution in [2.75, 3.05) is 19.9 Å². The summed E-state index contributed by atoms with van der Waals surface area (Å²) in [5.41, 5.74) is 5.60. The highest BCUT2D eigenvalue weighted by atomic mass is 32.2. The first kappa shape index (κ1) is 20.9.